The molecule has 0 heterocycles. The Bertz CT molecular complexity index is 507. The second-order valence-corrected chi connectivity index (χ2v) is 3.46. The summed E-state index contributed by atoms with van der Waals surface area (Å²) in [5.74, 6) is -2.18. The number of anilines is 1. The Morgan fingerprint density at radius 3 is 2.41 bits per heavy atom. The molecule has 0 aliphatic heterocycles. The lowest BCUT2D eigenvalue weighted by Crippen LogP contribution is -2.37. The monoisotopic (exact) mass is 254 g/mol. The molecule has 0 aliphatic carbocycles. The van der Waals surface area contributed by atoms with Crippen LogP contribution in [0.1, 0.15) is 0 Å². The zero-order valence-corrected chi connectivity index (χ0v) is 9.46. The van der Waals surface area contributed by atoms with E-state index in [0.717, 1.165) is 4.90 Å². The van der Waals surface area contributed by atoms with Gasteiger partial charge in [-0.05, 0) is 24.3 Å². The Morgan fingerprint density at radius 2 is 2.00 bits per heavy atom. The Kier molecular flexibility index (Phi) is 3.92. The van der Waals surface area contributed by atoms with Crippen LogP contribution >= 0.6 is 11.6 Å². The van der Waals surface area contributed by atoms with Gasteiger partial charge in [-0.25, -0.2) is 0 Å². The fourth-order valence-corrected chi connectivity index (χ4v) is 1.22. The highest BCUT2D eigenvalue weighted by Gasteiger charge is 2.37. The lowest BCUT2D eigenvalue weighted by molar-refractivity contribution is -0.381. The number of benzene rings is 1. The van der Waals surface area contributed by atoms with E-state index in [2.05, 4.69) is 4.79 Å². The topological polar surface area (TPSA) is 99.9 Å². The fraction of sp³-hybridized carbons (Fsp3) is 0.111. The van der Waals surface area contributed by atoms with Gasteiger partial charge in [-0.15, -0.1) is 0 Å². The van der Waals surface area contributed by atoms with Crippen molar-refractivity contribution in [1.29, 1.82) is 0 Å². The van der Waals surface area contributed by atoms with Crippen molar-refractivity contribution in [3.8, 4) is 0 Å². The molecule has 0 spiro atoms. The van der Waals surface area contributed by atoms with E-state index in [1.165, 1.54) is 31.3 Å². The molecule has 0 saturated heterocycles. The van der Waals surface area contributed by atoms with Crippen LogP contribution < -0.4 is 4.90 Å². The lowest BCUT2D eigenvalue weighted by Gasteiger charge is -2.12. The van der Waals surface area contributed by atoms with Crippen LogP contribution in [0.25, 0.3) is 5.53 Å². The van der Waals surface area contributed by atoms with Gasteiger partial charge >= 0.3 is 11.7 Å². The molecule has 1 amide bonds. The fourth-order valence-electron chi connectivity index (χ4n) is 1.09. The number of amides is 1. The summed E-state index contributed by atoms with van der Waals surface area (Å²) in [4.78, 5) is 24.2. The van der Waals surface area contributed by atoms with E-state index in [1.54, 1.807) is 0 Å². The minimum atomic E-state index is -1.15. The molecule has 0 bridgehead atoms. The predicted octanol–water partition coefficient (Wildman–Crippen LogP) is 1.21. The number of amidine groups is 1. The molecule has 0 atom stereocenters. The van der Waals surface area contributed by atoms with Crippen molar-refractivity contribution in [2.75, 3.05) is 11.9 Å². The third kappa shape index (κ3) is 2.87. The molecule has 7 nitrogen and oxygen atoms in total. The summed E-state index contributed by atoms with van der Waals surface area (Å²) in [6.45, 7) is 0. The van der Waals surface area contributed by atoms with Gasteiger partial charge in [0.15, 0.2) is 4.92 Å². The van der Waals surface area contributed by atoms with Crippen LogP contribution in [0, 0.1) is 10.1 Å². The summed E-state index contributed by atoms with van der Waals surface area (Å²) in [7, 11) is 1.32. The number of rotatable bonds is 1. The van der Waals surface area contributed by atoms with Gasteiger partial charge in [0.1, 0.15) is 0 Å². The van der Waals surface area contributed by atoms with Gasteiger partial charge < -0.3 is 5.53 Å². The number of nitrogens with zero attached hydrogens (tertiary/aromatic N) is 4. The maximum Gasteiger partial charge on any atom is 0.670 e. The first-order valence-corrected chi connectivity index (χ1v) is 4.75. The van der Waals surface area contributed by atoms with Crippen LogP contribution in [-0.2, 0) is 4.79 Å². The summed E-state index contributed by atoms with van der Waals surface area (Å²) in [5, 5.41) is 10.9. The van der Waals surface area contributed by atoms with Crippen molar-refractivity contribution < 1.29 is 14.5 Å². The molecule has 0 unspecified atom stereocenters. The maximum atomic E-state index is 11.6. The number of hydrogen-bond donors (Lipinski definition) is 0. The Labute approximate surface area is 101 Å². The van der Waals surface area contributed by atoms with Crippen molar-refractivity contribution in [2.24, 2.45) is 0 Å². The molecule has 0 radical (unpaired) electrons. The quantitative estimate of drug-likeness (QED) is 0.188. The molecule has 17 heavy (non-hydrogen) atoms. The molecule has 0 aliphatic rings. The minimum Gasteiger partial charge on any atom is -0.354 e. The molecule has 0 aromatic heterocycles. The number of carbonyl (C=O) groups excluding carboxylic acids is 1. The summed E-state index contributed by atoms with van der Waals surface area (Å²) >= 11 is 5.66. The van der Waals surface area contributed by atoms with Gasteiger partial charge in [-0.3, -0.25) is 19.8 Å². The smallest absolute Gasteiger partial charge is 0.354 e. The molecule has 1 aromatic carbocycles. The standard InChI is InChI=1S/C9H7ClN4O3/c1-13(7-4-2-6(10)3-5-7)9(15)8(12-11)14(16)17/h2-5H,1H3. The Hall–Kier alpha value is -2.24. The van der Waals surface area contributed by atoms with Crippen molar-refractivity contribution in [2.45, 2.75) is 0 Å². The van der Waals surface area contributed by atoms with Gasteiger partial charge in [-0.1, -0.05) is 16.4 Å². The van der Waals surface area contributed by atoms with Gasteiger partial charge in [0.25, 0.3) is 0 Å². The molecule has 88 valence electrons. The van der Waals surface area contributed by atoms with Crippen LogP contribution in [0.4, 0.5) is 5.69 Å². The van der Waals surface area contributed by atoms with Crippen molar-refractivity contribution >= 4 is 29.0 Å². The molecule has 1 aromatic rings. The number of hydrogen-bond acceptors (Lipinski definition) is 3. The number of halogens is 1. The Balaban J connectivity index is 3.01. The van der Waals surface area contributed by atoms with Crippen molar-refractivity contribution in [1.82, 2.24) is 0 Å². The molecular weight excluding hydrogens is 248 g/mol. The number of likely N-dealkylation sites (N-methyl/N-ethyl adjacent to an activating group) is 1. The number of nitro groups is 1. The predicted molar refractivity (Wildman–Crippen MR) is 60.5 cm³/mol. The van der Waals surface area contributed by atoms with Gasteiger partial charge in [0.2, 0.25) is 0 Å². The third-order valence-electron chi connectivity index (χ3n) is 1.98. The summed E-state index contributed by atoms with van der Waals surface area (Å²) in [6.07, 6.45) is 0. The van der Waals surface area contributed by atoms with E-state index in [9.17, 15) is 14.9 Å². The second kappa shape index (κ2) is 5.20. The van der Waals surface area contributed by atoms with Gasteiger partial charge in [0, 0.05) is 17.8 Å². The van der Waals surface area contributed by atoms with Crippen molar-refractivity contribution in [3.05, 3.63) is 44.9 Å². The largest absolute Gasteiger partial charge is 0.670 e. The zero-order valence-electron chi connectivity index (χ0n) is 8.70. The van der Waals surface area contributed by atoms with Gasteiger partial charge in [0.05, 0.1) is 0 Å². The van der Waals surface area contributed by atoms with Crippen LogP contribution in [0.2, 0.25) is 5.02 Å². The molecule has 0 saturated carbocycles. The average molecular weight is 255 g/mol. The molecule has 0 fully saturated rings. The van der Waals surface area contributed by atoms with Crippen LogP contribution in [0.5, 0.6) is 0 Å². The molecule has 0 N–H and O–H groups in total. The van der Waals surface area contributed by atoms with E-state index in [4.69, 9.17) is 17.1 Å². The first-order valence-electron chi connectivity index (χ1n) is 4.37. The maximum absolute atomic E-state index is 11.6. The molecular formula is C9H7ClN4O3. The summed E-state index contributed by atoms with van der Waals surface area (Å²) in [6, 6.07) is 6.08. The van der Waals surface area contributed by atoms with E-state index in [-0.39, 0.29) is 0 Å². The van der Waals surface area contributed by atoms with E-state index >= 15 is 0 Å². The van der Waals surface area contributed by atoms with E-state index in [1.807, 2.05) is 0 Å². The first kappa shape index (κ1) is 12.8. The van der Waals surface area contributed by atoms with Crippen LogP contribution in [0.3, 0.4) is 0 Å². The highest BCUT2D eigenvalue weighted by molar-refractivity contribution is 6.37. The Morgan fingerprint density at radius 1 is 1.47 bits per heavy atom. The summed E-state index contributed by atoms with van der Waals surface area (Å²) in [5.41, 5.74) is 8.78. The third-order valence-corrected chi connectivity index (χ3v) is 2.23. The zero-order chi connectivity index (χ0) is 13.0. The SMILES string of the molecule is CN(C(=O)C(=[N+]=[N-])[N+](=O)[O-])c1ccc(Cl)cc1. The highest BCUT2D eigenvalue weighted by Crippen LogP contribution is 2.16. The average Bonchev–Trinajstić information content (AvgIpc) is 2.29. The van der Waals surface area contributed by atoms with Crippen LogP contribution in [-0.4, -0.2) is 28.5 Å². The first-order chi connectivity index (χ1) is 7.97. The number of carbonyl (C=O) groups is 1. The minimum absolute atomic E-state index is 0.391. The lowest BCUT2D eigenvalue weighted by atomic mass is 10.3. The molecule has 8 heteroatoms. The van der Waals surface area contributed by atoms with Crippen LogP contribution in [0.15, 0.2) is 24.3 Å². The molecule has 1 rings (SSSR count). The van der Waals surface area contributed by atoms with Crippen molar-refractivity contribution in [3.63, 3.8) is 0 Å². The van der Waals surface area contributed by atoms with Gasteiger partial charge in [-0.2, -0.15) is 0 Å². The second-order valence-electron chi connectivity index (χ2n) is 3.02. The van der Waals surface area contributed by atoms with E-state index in [0.29, 0.717) is 10.7 Å². The highest BCUT2D eigenvalue weighted by atomic mass is 35.5. The summed E-state index contributed by atoms with van der Waals surface area (Å²) < 4.78 is 0. The van der Waals surface area contributed by atoms with E-state index < -0.39 is 16.7 Å². The normalized spacial score (nSPS) is 9.29.